The maximum Gasteiger partial charge on any atom is 0.275 e. The highest BCUT2D eigenvalue weighted by Gasteiger charge is 2.14. The van der Waals surface area contributed by atoms with Crippen molar-refractivity contribution in [3.63, 3.8) is 0 Å². The lowest BCUT2D eigenvalue weighted by Crippen LogP contribution is -2.20. The van der Waals surface area contributed by atoms with E-state index in [1.54, 1.807) is 24.7 Å². The van der Waals surface area contributed by atoms with Gasteiger partial charge in [-0.3, -0.25) is 4.79 Å². The number of aryl methyl sites for hydroxylation is 1. The van der Waals surface area contributed by atoms with Gasteiger partial charge in [-0.05, 0) is 29.2 Å². The lowest BCUT2D eigenvalue weighted by atomic mass is 10.3. The van der Waals surface area contributed by atoms with E-state index >= 15 is 0 Å². The standard InChI is InChI=1S/C14H12ClN7OS/c1-9-5-12(23)22-14(19-13(20-22)24(2)18-8-16)21(9)7-10-3-4-11(15)17-6-10/h3-6H,7H2,1-2H3. The summed E-state index contributed by atoms with van der Waals surface area (Å²) in [6.07, 6.45) is 5.13. The molecule has 24 heavy (non-hydrogen) atoms. The van der Waals surface area contributed by atoms with Crippen molar-refractivity contribution < 1.29 is 0 Å². The predicted octanol–water partition coefficient (Wildman–Crippen LogP) is 1.57. The summed E-state index contributed by atoms with van der Waals surface area (Å²) >= 11 is 5.81. The largest absolute Gasteiger partial charge is 0.310 e. The molecule has 0 aliphatic carbocycles. The summed E-state index contributed by atoms with van der Waals surface area (Å²) in [5, 5.41) is 13.6. The molecule has 3 heterocycles. The molecule has 0 amide bonds. The number of pyridine rings is 1. The maximum absolute atomic E-state index is 12.2. The molecular formula is C14H12ClN7OS. The van der Waals surface area contributed by atoms with E-state index in [9.17, 15) is 4.79 Å². The molecule has 0 bridgehead atoms. The van der Waals surface area contributed by atoms with Crippen LogP contribution in [0.3, 0.4) is 0 Å². The first-order valence-corrected chi connectivity index (χ1v) is 8.80. The van der Waals surface area contributed by atoms with Crippen LogP contribution < -0.4 is 5.56 Å². The summed E-state index contributed by atoms with van der Waals surface area (Å²) in [6.45, 7) is 2.29. The van der Waals surface area contributed by atoms with Gasteiger partial charge in [-0.15, -0.1) is 9.46 Å². The minimum atomic E-state index is -0.800. The van der Waals surface area contributed by atoms with Crippen LogP contribution in [0.5, 0.6) is 0 Å². The lowest BCUT2D eigenvalue weighted by molar-refractivity contribution is 0.727. The molecule has 0 spiro atoms. The highest BCUT2D eigenvalue weighted by atomic mass is 35.5. The quantitative estimate of drug-likeness (QED) is 0.520. The summed E-state index contributed by atoms with van der Waals surface area (Å²) in [5.74, 6) is 0.400. The molecule has 10 heteroatoms. The summed E-state index contributed by atoms with van der Waals surface area (Å²) in [4.78, 5) is 20.6. The number of halogens is 1. The zero-order chi connectivity index (χ0) is 17.3. The Morgan fingerprint density at radius 2 is 2.25 bits per heavy atom. The number of nitrogens with zero attached hydrogens (tertiary/aromatic N) is 7. The number of fused-ring (bicyclic) bond motifs is 1. The Hall–Kier alpha value is -2.57. The first kappa shape index (κ1) is 16.3. The lowest BCUT2D eigenvalue weighted by Gasteiger charge is -2.11. The first-order chi connectivity index (χ1) is 11.5. The fourth-order valence-electron chi connectivity index (χ4n) is 2.19. The van der Waals surface area contributed by atoms with Gasteiger partial charge >= 0.3 is 0 Å². The Kier molecular flexibility index (Phi) is 4.42. The first-order valence-electron chi connectivity index (χ1n) is 6.83. The molecule has 0 saturated heterocycles. The van der Waals surface area contributed by atoms with Gasteiger partial charge in [0, 0.05) is 24.2 Å². The minimum absolute atomic E-state index is 0.277. The number of hydrogen-bond donors (Lipinski definition) is 0. The Bertz CT molecular complexity index is 1050. The fraction of sp³-hybridized carbons (Fsp3) is 0.214. The van der Waals surface area contributed by atoms with Crippen LogP contribution in [0.15, 0.2) is 38.7 Å². The van der Waals surface area contributed by atoms with Gasteiger partial charge in [0.1, 0.15) is 5.15 Å². The Morgan fingerprint density at radius 1 is 1.46 bits per heavy atom. The van der Waals surface area contributed by atoms with Crippen LogP contribution in [0.1, 0.15) is 11.3 Å². The van der Waals surface area contributed by atoms with Gasteiger partial charge < -0.3 is 4.57 Å². The molecule has 0 aromatic carbocycles. The van der Waals surface area contributed by atoms with Crippen LogP contribution in [0, 0.1) is 18.4 Å². The molecule has 3 rings (SSSR count). The number of rotatable bonds is 3. The molecule has 0 saturated carbocycles. The van der Waals surface area contributed by atoms with Crippen molar-refractivity contribution in [2.75, 3.05) is 6.26 Å². The van der Waals surface area contributed by atoms with Crippen LogP contribution in [0.2, 0.25) is 5.15 Å². The van der Waals surface area contributed by atoms with E-state index in [-0.39, 0.29) is 5.56 Å². The Morgan fingerprint density at radius 3 is 2.92 bits per heavy atom. The second-order valence-corrected chi connectivity index (χ2v) is 6.87. The molecule has 122 valence electrons. The van der Waals surface area contributed by atoms with Gasteiger partial charge in [-0.2, -0.15) is 14.8 Å². The summed E-state index contributed by atoms with van der Waals surface area (Å²) in [6, 6.07) is 5.05. The van der Waals surface area contributed by atoms with Gasteiger partial charge in [0.2, 0.25) is 17.1 Å². The third-order valence-electron chi connectivity index (χ3n) is 3.35. The van der Waals surface area contributed by atoms with Crippen LogP contribution in [-0.4, -0.2) is 30.4 Å². The normalized spacial score (nSPS) is 12.4. The van der Waals surface area contributed by atoms with E-state index in [0.717, 1.165) is 11.3 Å². The van der Waals surface area contributed by atoms with E-state index in [0.29, 0.717) is 22.6 Å². The van der Waals surface area contributed by atoms with Crippen molar-refractivity contribution in [1.29, 1.82) is 5.26 Å². The third kappa shape index (κ3) is 3.06. The van der Waals surface area contributed by atoms with Gasteiger partial charge in [0.15, 0.2) is 0 Å². The van der Waals surface area contributed by atoms with Crippen LogP contribution in [0.4, 0.5) is 0 Å². The molecule has 1 atom stereocenters. The second-order valence-electron chi connectivity index (χ2n) is 4.97. The maximum atomic E-state index is 12.2. The summed E-state index contributed by atoms with van der Waals surface area (Å²) < 4.78 is 6.80. The Labute approximate surface area is 144 Å². The van der Waals surface area contributed by atoms with E-state index in [4.69, 9.17) is 16.9 Å². The molecule has 0 radical (unpaired) electrons. The van der Waals surface area contributed by atoms with Crippen molar-refractivity contribution in [1.82, 2.24) is 24.1 Å². The molecule has 0 N–H and O–H groups in total. The molecule has 3 aromatic rings. The zero-order valence-corrected chi connectivity index (χ0v) is 14.4. The topological polar surface area (TPSA) is 101 Å². The monoisotopic (exact) mass is 361 g/mol. The minimum Gasteiger partial charge on any atom is -0.310 e. The average molecular weight is 362 g/mol. The molecule has 0 aliphatic heterocycles. The van der Waals surface area contributed by atoms with Crippen LogP contribution in [-0.2, 0) is 17.2 Å². The van der Waals surface area contributed by atoms with E-state index in [1.807, 2.05) is 17.6 Å². The second kappa shape index (κ2) is 6.51. The molecule has 0 fully saturated rings. The van der Waals surface area contributed by atoms with Gasteiger partial charge in [0.25, 0.3) is 5.56 Å². The number of hydrogen-bond acceptors (Lipinski definition) is 6. The van der Waals surface area contributed by atoms with Crippen molar-refractivity contribution in [3.8, 4) is 6.19 Å². The highest BCUT2D eigenvalue weighted by molar-refractivity contribution is 7.86. The van der Waals surface area contributed by atoms with E-state index < -0.39 is 10.7 Å². The smallest absolute Gasteiger partial charge is 0.275 e. The van der Waals surface area contributed by atoms with Crippen molar-refractivity contribution in [2.45, 2.75) is 18.6 Å². The van der Waals surface area contributed by atoms with Gasteiger partial charge in [-0.25, -0.2) is 4.98 Å². The van der Waals surface area contributed by atoms with Crippen molar-refractivity contribution >= 4 is 28.1 Å². The molecule has 3 aromatic heterocycles. The Balaban J connectivity index is 2.16. The molecule has 0 aliphatic rings. The molecule has 1 unspecified atom stereocenters. The molecular weight excluding hydrogens is 350 g/mol. The molecule has 8 nitrogen and oxygen atoms in total. The predicted molar refractivity (Wildman–Crippen MR) is 89.9 cm³/mol. The third-order valence-corrected chi connectivity index (χ3v) is 4.63. The fourth-order valence-corrected chi connectivity index (χ4v) is 2.92. The average Bonchev–Trinajstić information content (AvgIpc) is 2.99. The zero-order valence-electron chi connectivity index (χ0n) is 12.8. The number of aromatic nitrogens is 5. The van der Waals surface area contributed by atoms with Crippen LogP contribution in [0.25, 0.3) is 5.78 Å². The van der Waals surface area contributed by atoms with Crippen LogP contribution >= 0.6 is 11.6 Å². The van der Waals surface area contributed by atoms with E-state index in [1.165, 1.54) is 10.6 Å². The number of nitriles is 1. The van der Waals surface area contributed by atoms with Gasteiger partial charge in [0.05, 0.1) is 6.54 Å². The summed E-state index contributed by atoms with van der Waals surface area (Å²) in [7, 11) is -0.800. The van der Waals surface area contributed by atoms with Gasteiger partial charge in [-0.1, -0.05) is 17.7 Å². The SMILES string of the molecule is Cc1cc(=O)n2nc(/S(C)=N/C#N)nc2n1Cc1ccc(Cl)nc1. The van der Waals surface area contributed by atoms with Crippen molar-refractivity contribution in [2.24, 2.45) is 4.36 Å². The highest BCUT2D eigenvalue weighted by Crippen LogP contribution is 2.12. The summed E-state index contributed by atoms with van der Waals surface area (Å²) in [5.41, 5.74) is 1.38. The van der Waals surface area contributed by atoms with E-state index in [2.05, 4.69) is 19.4 Å². The van der Waals surface area contributed by atoms with Crippen molar-refractivity contribution in [3.05, 3.63) is 51.2 Å².